The number of halogens is 5. The van der Waals surface area contributed by atoms with Crippen LogP contribution in [-0.4, -0.2) is 48.5 Å². The van der Waals surface area contributed by atoms with Crippen LogP contribution < -0.4 is 4.74 Å². The zero-order valence-electron chi connectivity index (χ0n) is 26.2. The highest BCUT2D eigenvalue weighted by molar-refractivity contribution is 6.32. The Balaban J connectivity index is 0.00000576. The maximum absolute atomic E-state index is 13.7. The SMILES string of the molecule is CCN(CC)C(=O)Cc1cccc(OCCCN(Cc2cccc(C(F)(F)F)c2Cl)CC(c2ccccc2)c2ccccc2)c1.Cl. The van der Waals surface area contributed by atoms with Gasteiger partial charge < -0.3 is 9.64 Å². The van der Waals surface area contributed by atoms with Gasteiger partial charge in [0.1, 0.15) is 5.75 Å². The number of benzene rings is 4. The molecule has 0 aromatic heterocycles. The first kappa shape index (κ1) is 36.9. The zero-order chi connectivity index (χ0) is 32.2. The van der Waals surface area contributed by atoms with Gasteiger partial charge in [0, 0.05) is 38.6 Å². The van der Waals surface area contributed by atoms with E-state index in [1.54, 1.807) is 11.0 Å². The molecule has 46 heavy (non-hydrogen) atoms. The second-order valence-electron chi connectivity index (χ2n) is 11.0. The molecule has 0 aliphatic carbocycles. The summed E-state index contributed by atoms with van der Waals surface area (Å²) in [4.78, 5) is 16.5. The molecule has 4 nitrogen and oxygen atoms in total. The molecule has 1 amide bonds. The summed E-state index contributed by atoms with van der Waals surface area (Å²) in [5, 5.41) is -0.265. The molecule has 9 heteroatoms. The van der Waals surface area contributed by atoms with Crippen molar-refractivity contribution in [2.75, 3.05) is 32.8 Å². The van der Waals surface area contributed by atoms with Gasteiger partial charge in [-0.15, -0.1) is 12.4 Å². The van der Waals surface area contributed by atoms with Crippen LogP contribution in [0.5, 0.6) is 5.75 Å². The summed E-state index contributed by atoms with van der Waals surface area (Å²) in [6.07, 6.45) is -3.59. The Morgan fingerprint density at radius 1 is 0.848 bits per heavy atom. The maximum Gasteiger partial charge on any atom is 0.417 e. The Bertz CT molecular complexity index is 1460. The number of amides is 1. The first-order chi connectivity index (χ1) is 21.7. The fraction of sp³-hybridized carbons (Fsp3) is 0.324. The summed E-state index contributed by atoms with van der Waals surface area (Å²) >= 11 is 6.34. The normalized spacial score (nSPS) is 11.4. The third-order valence-corrected chi connectivity index (χ3v) is 8.33. The quantitative estimate of drug-likeness (QED) is 0.118. The lowest BCUT2D eigenvalue weighted by Gasteiger charge is -2.29. The van der Waals surface area contributed by atoms with Gasteiger partial charge in [-0.25, -0.2) is 0 Å². The van der Waals surface area contributed by atoms with Gasteiger partial charge in [0.15, 0.2) is 0 Å². The molecular weight excluding hydrogens is 632 g/mol. The van der Waals surface area contributed by atoms with Gasteiger partial charge in [-0.1, -0.05) is 96.5 Å². The lowest BCUT2D eigenvalue weighted by molar-refractivity contribution is -0.137. The van der Waals surface area contributed by atoms with E-state index < -0.39 is 11.7 Å². The highest BCUT2D eigenvalue weighted by Crippen LogP contribution is 2.37. The van der Waals surface area contributed by atoms with Crippen LogP contribution in [0, 0.1) is 0 Å². The van der Waals surface area contributed by atoms with E-state index in [9.17, 15) is 18.0 Å². The van der Waals surface area contributed by atoms with Crippen LogP contribution in [-0.2, 0) is 23.9 Å². The van der Waals surface area contributed by atoms with Crippen molar-refractivity contribution in [3.63, 3.8) is 0 Å². The van der Waals surface area contributed by atoms with Gasteiger partial charge in [-0.3, -0.25) is 9.69 Å². The van der Waals surface area contributed by atoms with Crippen molar-refractivity contribution in [3.05, 3.63) is 136 Å². The van der Waals surface area contributed by atoms with Crippen molar-refractivity contribution in [1.29, 1.82) is 0 Å². The highest BCUT2D eigenvalue weighted by atomic mass is 35.5. The van der Waals surface area contributed by atoms with Crippen molar-refractivity contribution >= 4 is 29.9 Å². The van der Waals surface area contributed by atoms with E-state index in [-0.39, 0.29) is 35.8 Å². The van der Waals surface area contributed by atoms with E-state index in [1.165, 1.54) is 6.07 Å². The summed E-state index contributed by atoms with van der Waals surface area (Å²) in [5.74, 6) is 0.754. The molecule has 4 aromatic carbocycles. The molecule has 0 bridgehead atoms. The number of carbonyl (C=O) groups is 1. The van der Waals surface area contributed by atoms with Gasteiger partial charge in [0.2, 0.25) is 5.91 Å². The molecule has 0 atom stereocenters. The van der Waals surface area contributed by atoms with E-state index in [4.69, 9.17) is 16.3 Å². The number of hydrogen-bond acceptors (Lipinski definition) is 3. The molecule has 246 valence electrons. The summed E-state index contributed by atoms with van der Waals surface area (Å²) in [6.45, 7) is 7.07. The van der Waals surface area contributed by atoms with E-state index in [0.717, 1.165) is 22.8 Å². The lowest BCUT2D eigenvalue weighted by Crippen LogP contribution is -2.31. The van der Waals surface area contributed by atoms with E-state index >= 15 is 0 Å². The van der Waals surface area contributed by atoms with Crippen molar-refractivity contribution in [1.82, 2.24) is 9.80 Å². The first-order valence-corrected chi connectivity index (χ1v) is 15.7. The van der Waals surface area contributed by atoms with Gasteiger partial charge in [-0.2, -0.15) is 13.2 Å². The molecule has 0 N–H and O–H groups in total. The van der Waals surface area contributed by atoms with E-state index in [2.05, 4.69) is 29.2 Å². The van der Waals surface area contributed by atoms with Crippen molar-refractivity contribution in [2.45, 2.75) is 45.3 Å². The molecule has 0 radical (unpaired) electrons. The Morgan fingerprint density at radius 3 is 2.04 bits per heavy atom. The Labute approximate surface area is 281 Å². The molecule has 0 aliphatic heterocycles. The monoisotopic (exact) mass is 672 g/mol. The predicted molar refractivity (Wildman–Crippen MR) is 182 cm³/mol. The molecule has 4 aromatic rings. The van der Waals surface area contributed by atoms with Crippen molar-refractivity contribution < 1.29 is 22.7 Å². The minimum atomic E-state index is -4.53. The van der Waals surface area contributed by atoms with Crippen LogP contribution in [0.3, 0.4) is 0 Å². The summed E-state index contributed by atoms with van der Waals surface area (Å²) in [5.41, 5.74) is 2.73. The predicted octanol–water partition coefficient (Wildman–Crippen LogP) is 9.29. The topological polar surface area (TPSA) is 32.8 Å². The molecule has 0 unspecified atom stereocenters. The highest BCUT2D eigenvalue weighted by Gasteiger charge is 2.34. The van der Waals surface area contributed by atoms with E-state index in [0.29, 0.717) is 56.9 Å². The molecule has 4 rings (SSSR count). The third kappa shape index (κ3) is 10.5. The molecule has 0 fully saturated rings. The van der Waals surface area contributed by atoms with Crippen LogP contribution in [0.15, 0.2) is 103 Å². The number of nitrogens with zero attached hydrogens (tertiary/aromatic N) is 2. The second-order valence-corrected chi connectivity index (χ2v) is 11.4. The number of alkyl halides is 3. The van der Waals surface area contributed by atoms with Gasteiger partial charge >= 0.3 is 6.18 Å². The van der Waals surface area contributed by atoms with Gasteiger partial charge in [0.05, 0.1) is 23.6 Å². The van der Waals surface area contributed by atoms with Crippen molar-refractivity contribution in [2.24, 2.45) is 0 Å². The average Bonchev–Trinajstić information content (AvgIpc) is 3.03. The molecule has 0 spiro atoms. The standard InChI is InChI=1S/C37H40ClF3N2O2.ClH/c1-3-43(4-2)35(44)25-28-14-11-20-32(24-28)45-23-13-22-42(26-31-19-12-21-34(36(31)38)37(39,40)41)27-33(29-15-7-5-8-16-29)30-17-9-6-10-18-30;/h5-12,14-21,24,33H,3-4,13,22-23,25-27H2,1-2H3;1H. The molecule has 0 aliphatic rings. The maximum atomic E-state index is 13.7. The Morgan fingerprint density at radius 2 is 1.46 bits per heavy atom. The van der Waals surface area contributed by atoms with Crippen LogP contribution >= 0.6 is 24.0 Å². The minimum absolute atomic E-state index is 0. The second kappa shape index (κ2) is 18.0. The molecule has 0 saturated heterocycles. The van der Waals surface area contributed by atoms with Crippen LogP contribution in [0.4, 0.5) is 13.2 Å². The lowest BCUT2D eigenvalue weighted by atomic mass is 9.90. The Hall–Kier alpha value is -3.52. The number of ether oxygens (including phenoxy) is 1. The van der Waals surface area contributed by atoms with Crippen molar-refractivity contribution in [3.8, 4) is 5.75 Å². The van der Waals surface area contributed by atoms with Gasteiger partial charge in [0.25, 0.3) is 0 Å². The number of hydrogen-bond donors (Lipinski definition) is 0. The summed E-state index contributed by atoms with van der Waals surface area (Å²) in [7, 11) is 0. The summed E-state index contributed by atoms with van der Waals surface area (Å²) in [6, 6.07) is 31.9. The zero-order valence-corrected chi connectivity index (χ0v) is 27.8. The average molecular weight is 674 g/mol. The minimum Gasteiger partial charge on any atom is -0.494 e. The fourth-order valence-electron chi connectivity index (χ4n) is 5.51. The fourth-order valence-corrected chi connectivity index (χ4v) is 5.81. The third-order valence-electron chi connectivity index (χ3n) is 7.88. The Kier molecular flexibility index (Phi) is 14.4. The molecular formula is C37H41Cl2F3N2O2. The number of carbonyl (C=O) groups excluding carboxylic acids is 1. The largest absolute Gasteiger partial charge is 0.494 e. The summed E-state index contributed by atoms with van der Waals surface area (Å²) < 4.78 is 47.1. The molecule has 0 saturated carbocycles. The first-order valence-electron chi connectivity index (χ1n) is 15.4. The van der Waals surface area contributed by atoms with Crippen LogP contribution in [0.25, 0.3) is 0 Å². The number of rotatable bonds is 15. The van der Waals surface area contributed by atoms with Gasteiger partial charge in [-0.05, 0) is 60.7 Å². The molecule has 0 heterocycles. The van der Waals surface area contributed by atoms with E-state index in [1.807, 2.05) is 74.5 Å². The number of likely N-dealkylation sites (N-methyl/N-ethyl adjacent to an activating group) is 1. The smallest absolute Gasteiger partial charge is 0.417 e. The van der Waals surface area contributed by atoms with Crippen LogP contribution in [0.2, 0.25) is 5.02 Å². The van der Waals surface area contributed by atoms with Crippen LogP contribution in [0.1, 0.15) is 54.0 Å².